The van der Waals surface area contributed by atoms with Crippen molar-refractivity contribution in [2.75, 3.05) is 31.5 Å². The highest BCUT2D eigenvalue weighted by Gasteiger charge is 2.26. The van der Waals surface area contributed by atoms with Crippen LogP contribution in [-0.4, -0.2) is 52.9 Å². The molecule has 1 atom stereocenters. The maximum absolute atomic E-state index is 13.8. The number of piperazine rings is 1. The number of aromatic nitrogens is 1. The van der Waals surface area contributed by atoms with E-state index in [1.807, 2.05) is 25.1 Å². The number of carbonyl (C=O) groups excluding carboxylic acids is 1. The number of halogens is 2. The lowest BCUT2D eigenvalue weighted by Crippen LogP contribution is -2.52. The summed E-state index contributed by atoms with van der Waals surface area (Å²) < 4.78 is 13.8. The normalized spacial score (nSPS) is 17.0. The maximum Gasteiger partial charge on any atom is 0.241 e. The van der Waals surface area contributed by atoms with Gasteiger partial charge in [-0.1, -0.05) is 17.7 Å². The molecule has 2 aromatic rings. The molecule has 1 saturated heterocycles. The summed E-state index contributed by atoms with van der Waals surface area (Å²) in [6, 6.07) is 9.81. The van der Waals surface area contributed by atoms with Crippen LogP contribution < -0.4 is 5.32 Å². The summed E-state index contributed by atoms with van der Waals surface area (Å²) in [5.74, 6) is -0.748. The lowest BCUT2D eigenvalue weighted by atomic mass is 10.2. The standard InChI is InChI=1S/C19H22ClFN4O/c1-14(19(26)23-18-6-5-15(20)12-17(18)21)25-10-8-24(9-11-25)13-16-4-2-3-7-22-16/h2-7,12,14H,8-11,13H2,1H3,(H,23,26). The molecule has 1 aromatic heterocycles. The topological polar surface area (TPSA) is 48.5 Å². The van der Waals surface area contributed by atoms with Crippen LogP contribution in [0.25, 0.3) is 0 Å². The minimum absolute atomic E-state index is 0.153. The highest BCUT2D eigenvalue weighted by atomic mass is 35.5. The molecule has 3 rings (SSSR count). The molecule has 1 unspecified atom stereocenters. The molecule has 0 saturated carbocycles. The molecule has 1 aliphatic rings. The van der Waals surface area contributed by atoms with E-state index in [9.17, 15) is 9.18 Å². The number of hydrogen-bond acceptors (Lipinski definition) is 4. The van der Waals surface area contributed by atoms with Crippen molar-refractivity contribution in [2.45, 2.75) is 19.5 Å². The van der Waals surface area contributed by atoms with Gasteiger partial charge in [0.2, 0.25) is 5.91 Å². The molecule has 1 N–H and O–H groups in total. The van der Waals surface area contributed by atoms with E-state index >= 15 is 0 Å². The van der Waals surface area contributed by atoms with Crippen molar-refractivity contribution < 1.29 is 9.18 Å². The Balaban J connectivity index is 1.51. The second-order valence-electron chi connectivity index (χ2n) is 6.42. The first kappa shape index (κ1) is 18.8. The summed E-state index contributed by atoms with van der Waals surface area (Å²) in [7, 11) is 0. The van der Waals surface area contributed by atoms with Gasteiger partial charge in [-0.2, -0.15) is 0 Å². The van der Waals surface area contributed by atoms with Crippen molar-refractivity contribution in [3.05, 3.63) is 59.1 Å². The summed E-state index contributed by atoms with van der Waals surface area (Å²) in [5, 5.41) is 2.95. The van der Waals surface area contributed by atoms with Crippen LogP contribution in [0.5, 0.6) is 0 Å². The highest BCUT2D eigenvalue weighted by molar-refractivity contribution is 6.30. The van der Waals surface area contributed by atoms with E-state index in [4.69, 9.17) is 11.6 Å². The summed E-state index contributed by atoms with van der Waals surface area (Å²) >= 11 is 5.74. The van der Waals surface area contributed by atoms with Crippen LogP contribution in [-0.2, 0) is 11.3 Å². The number of anilines is 1. The fraction of sp³-hybridized carbons (Fsp3) is 0.368. The summed E-state index contributed by atoms with van der Waals surface area (Å²) in [6.45, 7) is 5.95. The fourth-order valence-electron chi connectivity index (χ4n) is 3.02. The monoisotopic (exact) mass is 376 g/mol. The van der Waals surface area contributed by atoms with Gasteiger partial charge in [0.1, 0.15) is 5.82 Å². The third-order valence-electron chi connectivity index (χ3n) is 4.63. The Bertz CT molecular complexity index is 750. The van der Waals surface area contributed by atoms with Gasteiger partial charge >= 0.3 is 0 Å². The van der Waals surface area contributed by atoms with Gasteiger partial charge in [-0.15, -0.1) is 0 Å². The molecule has 26 heavy (non-hydrogen) atoms. The van der Waals surface area contributed by atoms with E-state index in [1.54, 1.807) is 12.3 Å². The molecule has 1 amide bonds. The minimum Gasteiger partial charge on any atom is -0.322 e. The highest BCUT2D eigenvalue weighted by Crippen LogP contribution is 2.19. The average Bonchev–Trinajstić information content (AvgIpc) is 2.65. The zero-order valence-corrected chi connectivity index (χ0v) is 15.4. The third kappa shape index (κ3) is 4.78. The number of carbonyl (C=O) groups is 1. The van der Waals surface area contributed by atoms with Crippen molar-refractivity contribution in [1.82, 2.24) is 14.8 Å². The fourth-order valence-corrected chi connectivity index (χ4v) is 3.18. The first-order chi connectivity index (χ1) is 12.5. The quantitative estimate of drug-likeness (QED) is 0.871. The van der Waals surface area contributed by atoms with Gasteiger partial charge in [-0.25, -0.2) is 4.39 Å². The molecule has 7 heteroatoms. The Morgan fingerprint density at radius 3 is 2.69 bits per heavy atom. The van der Waals surface area contributed by atoms with Gasteiger partial charge in [0.15, 0.2) is 0 Å². The number of rotatable bonds is 5. The first-order valence-corrected chi connectivity index (χ1v) is 9.03. The third-order valence-corrected chi connectivity index (χ3v) is 4.87. The Kier molecular flexibility index (Phi) is 6.19. The number of benzene rings is 1. The van der Waals surface area contributed by atoms with Crippen LogP contribution in [0.3, 0.4) is 0 Å². The Morgan fingerprint density at radius 2 is 2.04 bits per heavy atom. The van der Waals surface area contributed by atoms with Gasteiger partial charge in [-0.3, -0.25) is 19.6 Å². The predicted molar refractivity (Wildman–Crippen MR) is 101 cm³/mol. The van der Waals surface area contributed by atoms with Crippen LogP contribution in [0, 0.1) is 5.82 Å². The van der Waals surface area contributed by atoms with Crippen LogP contribution >= 0.6 is 11.6 Å². The molecule has 1 fully saturated rings. The van der Waals surface area contributed by atoms with E-state index in [0.717, 1.165) is 38.4 Å². The number of pyridine rings is 1. The van der Waals surface area contributed by atoms with Crippen molar-refractivity contribution in [2.24, 2.45) is 0 Å². The van der Waals surface area contributed by atoms with E-state index in [1.165, 1.54) is 12.1 Å². The largest absolute Gasteiger partial charge is 0.322 e. The zero-order valence-electron chi connectivity index (χ0n) is 14.7. The molecule has 0 bridgehead atoms. The maximum atomic E-state index is 13.8. The molecule has 0 spiro atoms. The van der Waals surface area contributed by atoms with E-state index in [-0.39, 0.29) is 17.6 Å². The minimum atomic E-state index is -0.529. The summed E-state index contributed by atoms with van der Waals surface area (Å²) in [5.41, 5.74) is 1.20. The Labute approximate surface area is 157 Å². The van der Waals surface area contributed by atoms with Gasteiger partial charge in [-0.05, 0) is 37.3 Å². The van der Waals surface area contributed by atoms with Gasteiger partial charge in [0, 0.05) is 43.9 Å². The molecule has 2 heterocycles. The molecule has 0 radical (unpaired) electrons. The lowest BCUT2D eigenvalue weighted by Gasteiger charge is -2.37. The van der Waals surface area contributed by atoms with Crippen LogP contribution in [0.4, 0.5) is 10.1 Å². The van der Waals surface area contributed by atoms with Crippen LogP contribution in [0.15, 0.2) is 42.6 Å². The molecule has 138 valence electrons. The molecule has 1 aliphatic heterocycles. The second kappa shape index (κ2) is 8.58. The summed E-state index contributed by atoms with van der Waals surface area (Å²) in [6.07, 6.45) is 1.80. The smallest absolute Gasteiger partial charge is 0.241 e. The molecular weight excluding hydrogens is 355 g/mol. The molecular formula is C19H22ClFN4O. The lowest BCUT2D eigenvalue weighted by molar-refractivity contribution is -0.121. The zero-order chi connectivity index (χ0) is 18.5. The van der Waals surface area contributed by atoms with Crippen LogP contribution in [0.1, 0.15) is 12.6 Å². The van der Waals surface area contributed by atoms with E-state index in [2.05, 4.69) is 20.1 Å². The van der Waals surface area contributed by atoms with Crippen LogP contribution in [0.2, 0.25) is 5.02 Å². The molecule has 5 nitrogen and oxygen atoms in total. The average molecular weight is 377 g/mol. The van der Waals surface area contributed by atoms with Gasteiger partial charge in [0.05, 0.1) is 17.4 Å². The van der Waals surface area contributed by atoms with Crippen molar-refractivity contribution in [1.29, 1.82) is 0 Å². The molecule has 1 aromatic carbocycles. The summed E-state index contributed by atoms with van der Waals surface area (Å²) in [4.78, 5) is 21.2. The number of amides is 1. The second-order valence-corrected chi connectivity index (χ2v) is 6.86. The number of hydrogen-bond donors (Lipinski definition) is 1. The molecule has 0 aliphatic carbocycles. The van der Waals surface area contributed by atoms with Crippen molar-refractivity contribution in [3.63, 3.8) is 0 Å². The number of nitrogens with one attached hydrogen (secondary N) is 1. The Hall–Kier alpha value is -2.02. The van der Waals surface area contributed by atoms with Gasteiger partial charge in [0.25, 0.3) is 0 Å². The van der Waals surface area contributed by atoms with E-state index < -0.39 is 5.82 Å². The SMILES string of the molecule is CC(C(=O)Nc1ccc(Cl)cc1F)N1CCN(Cc2ccccn2)CC1. The number of nitrogens with zero attached hydrogens (tertiary/aromatic N) is 3. The van der Waals surface area contributed by atoms with Crippen molar-refractivity contribution in [3.8, 4) is 0 Å². The van der Waals surface area contributed by atoms with Crippen molar-refractivity contribution >= 4 is 23.2 Å². The predicted octanol–water partition coefficient (Wildman–Crippen LogP) is 3.02. The van der Waals surface area contributed by atoms with E-state index in [0.29, 0.717) is 5.02 Å². The first-order valence-electron chi connectivity index (χ1n) is 8.65. The Morgan fingerprint density at radius 1 is 1.27 bits per heavy atom. The van der Waals surface area contributed by atoms with Gasteiger partial charge < -0.3 is 5.32 Å².